The third-order valence-electron chi connectivity index (χ3n) is 14.8. The highest BCUT2D eigenvalue weighted by atomic mass is 35.5. The van der Waals surface area contributed by atoms with Crippen molar-refractivity contribution in [1.82, 2.24) is 34.9 Å². The summed E-state index contributed by atoms with van der Waals surface area (Å²) in [5, 5.41) is 57.5. The molecular weight excluding hydrogens is 1600 g/mol. The van der Waals surface area contributed by atoms with E-state index in [0.717, 1.165) is 28.5 Å². The molecule has 0 aliphatic rings. The van der Waals surface area contributed by atoms with Crippen LogP contribution in [-0.2, 0) is 0 Å². The second kappa shape index (κ2) is 39.0. The van der Waals surface area contributed by atoms with Gasteiger partial charge in [-0.1, -0.05) is 141 Å². The average molecular weight is 1650 g/mol. The van der Waals surface area contributed by atoms with Gasteiger partial charge in [0.25, 0.3) is 11.4 Å². The number of aromatic amines is 1. The van der Waals surface area contributed by atoms with Gasteiger partial charge in [0.2, 0.25) is 5.15 Å². The Morgan fingerprint density at radius 2 is 0.689 bits per heavy atom. The average Bonchev–Trinajstić information content (AvgIpc) is 0.772. The fraction of sp³-hybridized carbons (Fsp3) is 0.111. The van der Waals surface area contributed by atoms with Crippen LogP contribution in [0.15, 0.2) is 169 Å². The maximum Gasteiger partial charge on any atom is 0.342 e. The summed E-state index contributed by atoms with van der Waals surface area (Å²) in [6.07, 6.45) is 8.98. The van der Waals surface area contributed by atoms with Gasteiger partial charge < -0.3 is 15.8 Å². The second-order valence-corrected chi connectivity index (χ2v) is 26.2. The quantitative estimate of drug-likeness (QED) is 0.0650. The molecule has 7 heterocycles. The van der Waals surface area contributed by atoms with Crippen molar-refractivity contribution < 1.29 is 29.6 Å². The molecule has 0 saturated heterocycles. The van der Waals surface area contributed by atoms with Crippen LogP contribution in [0.3, 0.4) is 0 Å². The molecule has 34 heteroatoms. The lowest BCUT2D eigenvalue weighted by molar-refractivity contribution is -0.385. The lowest BCUT2D eigenvalue weighted by Crippen LogP contribution is -2.10. The van der Waals surface area contributed by atoms with Crippen LogP contribution in [0.5, 0.6) is 0 Å². The maximum atomic E-state index is 12.4. The molecule has 0 radical (unpaired) electrons. The Bertz CT molecular complexity index is 5280. The molecule has 106 heavy (non-hydrogen) atoms. The van der Waals surface area contributed by atoms with Crippen LogP contribution in [0.2, 0.25) is 55.4 Å². The Morgan fingerprint density at radius 3 is 1.03 bits per heavy atom. The predicted octanol–water partition coefficient (Wildman–Crippen LogP) is 23.6. The number of nitro groups is 4. The summed E-state index contributed by atoms with van der Waals surface area (Å²) in [6.45, 7) is 14.6. The Balaban J connectivity index is 0.000000200. The zero-order chi connectivity index (χ0) is 78.7. The number of carbonyl (C=O) groups is 1. The summed E-state index contributed by atoms with van der Waals surface area (Å²) >= 11 is 65.0. The summed E-state index contributed by atoms with van der Waals surface area (Å²) in [6, 6.07) is 33.8. The van der Waals surface area contributed by atoms with Crippen LogP contribution in [0.1, 0.15) is 57.7 Å². The van der Waals surface area contributed by atoms with E-state index >= 15 is 0 Å². The first kappa shape index (κ1) is 85.2. The highest BCUT2D eigenvalue weighted by Crippen LogP contribution is 2.41. The molecule has 4 N–H and O–H groups in total. The van der Waals surface area contributed by atoms with Crippen molar-refractivity contribution in [2.45, 2.75) is 55.4 Å². The van der Waals surface area contributed by atoms with Crippen LogP contribution in [0.25, 0.3) is 67.2 Å². The number of hydrogen-bond donors (Lipinski definition) is 3. The van der Waals surface area contributed by atoms with E-state index in [1.54, 1.807) is 112 Å². The van der Waals surface area contributed by atoms with Crippen molar-refractivity contribution in [2.24, 2.45) is 0 Å². The van der Waals surface area contributed by atoms with Crippen molar-refractivity contribution in [3.63, 3.8) is 0 Å². The molecule has 0 unspecified atom stereocenters. The van der Waals surface area contributed by atoms with Crippen molar-refractivity contribution in [3.05, 3.63) is 310 Å². The molecule has 7 aromatic heterocycles. The number of nitrogens with zero attached hydrogens (tertiary/aromatic N) is 10. The van der Waals surface area contributed by atoms with Gasteiger partial charge in [-0.2, -0.15) is 0 Å². The Kier molecular flexibility index (Phi) is 31.4. The SMILES string of the molecule is CC.Cc1[nH]c2c(-c3ccc(Cl)cc3Cl)nccc2c(=O)c1C.Cc1ccnc(-c2ccc(Cl)cc2Cl)c1N.Cc1ccnc(-c2ccc(Cl)cc2Cl)c1[N+](=O)[O-].Cc1ccnc(-c2ccc(Cl)cc2Cl)c1[N+](=O)[O-].Cc1ccnc(Cl)c1[N+](=O)[O-].O=C(O)c1ccnc(-c2ccc(Cl)cc2Cl)c1[N+](=O)[O-]. The van der Waals surface area contributed by atoms with Crippen molar-refractivity contribution in [1.29, 1.82) is 0 Å². The van der Waals surface area contributed by atoms with Gasteiger partial charge in [-0.15, -0.1) is 0 Å². The van der Waals surface area contributed by atoms with Gasteiger partial charge >= 0.3 is 17.3 Å². The van der Waals surface area contributed by atoms with Gasteiger partial charge in [0.15, 0.2) is 11.1 Å². The topological polar surface area (TPSA) is 346 Å². The Labute approximate surface area is 659 Å². The van der Waals surface area contributed by atoms with E-state index < -0.39 is 36.9 Å². The molecule has 546 valence electrons. The largest absolute Gasteiger partial charge is 0.477 e. The molecule has 12 aromatic rings. The van der Waals surface area contributed by atoms with Gasteiger partial charge in [0, 0.05) is 123 Å². The number of anilines is 1. The molecule has 0 atom stereocenters. The zero-order valence-corrected chi connectivity index (χ0v) is 64.6. The first-order chi connectivity index (χ1) is 50.1. The minimum atomic E-state index is -1.41. The molecule has 23 nitrogen and oxygen atoms in total. The smallest absolute Gasteiger partial charge is 0.342 e. The first-order valence-electron chi connectivity index (χ1n) is 30.4. The summed E-state index contributed by atoms with van der Waals surface area (Å²) in [7, 11) is 0. The standard InChI is InChI=1S/C16H12Cl2N2O.C12H6Cl2N2O4.2C12H8Cl2N2O2.C12H10Cl2N2.C6H5ClN2O2.C2H6/c1-8-9(2)20-15-12(16(8)21)5-6-19-14(15)11-4-3-10(17)7-13(11)18;13-6-1-2-7(9(14)5-6)10-11(16(19)20)8(12(17)18)3-4-15-10;2*1-7-4-5-15-11(12(7)16(17)18)9-3-2-8(13)6-10(9)14;1-7-4-5-16-12(11(7)15)9-3-2-8(13)6-10(9)14;1-4-2-3-8-6(7)5(4)9(10)11;1-2/h3-7H,1-2H3,(H,20,21);1-5H,(H,17,18);2*2-6H,1H3;2-6H,15H2,1H3;2-3H,1H3;1-2H3. The number of hydrogen-bond acceptors (Lipinski definition) is 17. The normalized spacial score (nSPS) is 10.3. The number of rotatable bonds is 10. The van der Waals surface area contributed by atoms with E-state index in [0.29, 0.717) is 107 Å². The number of benzene rings is 5. The Morgan fingerprint density at radius 1 is 0.396 bits per heavy atom. The monoisotopic (exact) mass is 1650 g/mol. The molecule has 0 fully saturated rings. The maximum absolute atomic E-state index is 12.4. The first-order valence-corrected chi connectivity index (χ1v) is 34.6. The number of aromatic carboxylic acids is 1. The Hall–Kier alpha value is -9.73. The van der Waals surface area contributed by atoms with Gasteiger partial charge in [-0.25, -0.2) is 24.7 Å². The summed E-state index contributed by atoms with van der Waals surface area (Å²) < 4.78 is 0. The summed E-state index contributed by atoms with van der Waals surface area (Å²) in [4.78, 5) is 92.3. The van der Waals surface area contributed by atoms with Crippen LogP contribution >= 0.6 is 128 Å². The van der Waals surface area contributed by atoms with Crippen LogP contribution in [0.4, 0.5) is 28.4 Å². The van der Waals surface area contributed by atoms with E-state index in [1.165, 1.54) is 55.1 Å². The highest BCUT2D eigenvalue weighted by Gasteiger charge is 2.28. The highest BCUT2D eigenvalue weighted by molar-refractivity contribution is 6.39. The van der Waals surface area contributed by atoms with Crippen molar-refractivity contribution in [2.75, 3.05) is 5.73 Å². The van der Waals surface area contributed by atoms with E-state index in [1.807, 2.05) is 46.8 Å². The molecule has 0 aliphatic carbocycles. The fourth-order valence-electron chi connectivity index (χ4n) is 9.53. The molecule has 12 rings (SSSR count). The van der Waals surface area contributed by atoms with Gasteiger partial charge in [0.1, 0.15) is 17.0 Å². The lowest BCUT2D eigenvalue weighted by Gasteiger charge is -2.10. The molecule has 0 saturated carbocycles. The minimum absolute atomic E-state index is 0.00925. The van der Waals surface area contributed by atoms with E-state index in [9.17, 15) is 50.0 Å². The van der Waals surface area contributed by atoms with Gasteiger partial charge in [-0.3, -0.25) is 55.2 Å². The molecule has 0 bridgehead atoms. The van der Waals surface area contributed by atoms with E-state index in [2.05, 4.69) is 34.9 Å². The third kappa shape index (κ3) is 21.5. The number of pyridine rings is 7. The minimum Gasteiger partial charge on any atom is -0.477 e. The number of H-pyrrole nitrogens is 1. The molecule has 0 amide bonds. The van der Waals surface area contributed by atoms with Crippen LogP contribution in [-0.4, -0.2) is 65.7 Å². The van der Waals surface area contributed by atoms with E-state index in [4.69, 9.17) is 138 Å². The lowest BCUT2D eigenvalue weighted by atomic mass is 10.1. The number of aromatic nitrogens is 7. The number of nitrogens with two attached hydrogens (primary N) is 1. The zero-order valence-electron chi connectivity index (χ0n) is 56.3. The van der Waals surface area contributed by atoms with Gasteiger partial charge in [0.05, 0.1) is 67.4 Å². The van der Waals surface area contributed by atoms with Crippen LogP contribution < -0.4 is 11.2 Å². The second-order valence-electron chi connectivity index (χ2n) is 21.6. The third-order valence-corrected chi connectivity index (χ3v) is 17.8. The molecular formula is C72H55Cl11N12O11. The molecule has 5 aromatic carbocycles. The molecule has 0 spiro atoms. The van der Waals surface area contributed by atoms with Crippen LogP contribution in [0, 0.1) is 82.0 Å². The number of carboxylic acid groups (broad SMARTS) is 1. The molecule has 0 aliphatic heterocycles. The number of carboxylic acids is 1. The fourth-order valence-corrected chi connectivity index (χ4v) is 12.3. The van der Waals surface area contributed by atoms with Gasteiger partial charge in [-0.05, 0) is 174 Å². The summed E-state index contributed by atoms with van der Waals surface area (Å²) in [5.41, 5.74) is 14.7. The predicted molar refractivity (Wildman–Crippen MR) is 424 cm³/mol. The number of halogens is 11. The number of aryl methyl sites for hydroxylation is 5. The summed E-state index contributed by atoms with van der Waals surface area (Å²) in [5.74, 6) is -1.41. The van der Waals surface area contributed by atoms with E-state index in [-0.39, 0.29) is 55.3 Å². The number of fused-ring (bicyclic) bond motifs is 1. The number of nitrogens with one attached hydrogen (secondary N) is 1. The van der Waals surface area contributed by atoms with Crippen molar-refractivity contribution in [3.8, 4) is 56.3 Å². The number of nitrogen functional groups attached to an aromatic ring is 1. The van der Waals surface area contributed by atoms with Crippen molar-refractivity contribution >= 4 is 173 Å².